The van der Waals surface area contributed by atoms with Crippen LogP contribution in [0, 0.1) is 0 Å². The zero-order valence-electron chi connectivity index (χ0n) is 9.46. The fraction of sp³-hybridized carbons (Fsp3) is 0.364. The number of aromatic nitrogens is 1. The standard InChI is InChI=1S/C11H12Br2N2OS/c1-6(2)14-4-7-5-16-11(15-7)9-3-8(12)10(13)17-9/h3,5-6,14H,4H2,1-2H3. The van der Waals surface area contributed by atoms with E-state index >= 15 is 0 Å². The van der Waals surface area contributed by atoms with Crippen molar-refractivity contribution >= 4 is 43.2 Å². The topological polar surface area (TPSA) is 38.1 Å². The van der Waals surface area contributed by atoms with Gasteiger partial charge in [-0.3, -0.25) is 0 Å². The SMILES string of the molecule is CC(C)NCc1coc(-c2cc(Br)c(Br)s2)n1. The van der Waals surface area contributed by atoms with E-state index in [0.29, 0.717) is 11.9 Å². The van der Waals surface area contributed by atoms with Gasteiger partial charge in [-0.1, -0.05) is 13.8 Å². The van der Waals surface area contributed by atoms with E-state index in [9.17, 15) is 0 Å². The summed E-state index contributed by atoms with van der Waals surface area (Å²) in [6, 6.07) is 2.44. The van der Waals surface area contributed by atoms with E-state index in [4.69, 9.17) is 4.42 Å². The van der Waals surface area contributed by atoms with Crippen molar-refractivity contribution in [1.29, 1.82) is 0 Å². The number of hydrogen-bond donors (Lipinski definition) is 1. The Bertz CT molecular complexity index is 488. The maximum Gasteiger partial charge on any atom is 0.236 e. The van der Waals surface area contributed by atoms with Gasteiger partial charge < -0.3 is 9.73 Å². The van der Waals surface area contributed by atoms with Crippen LogP contribution in [0.25, 0.3) is 10.8 Å². The predicted octanol–water partition coefficient (Wildman–Crippen LogP) is 4.43. The molecule has 0 unspecified atom stereocenters. The summed E-state index contributed by atoms with van der Waals surface area (Å²) < 4.78 is 7.54. The Labute approximate surface area is 121 Å². The molecule has 3 nitrogen and oxygen atoms in total. The third-order valence-electron chi connectivity index (χ3n) is 2.10. The number of thiophene rings is 1. The molecule has 2 aromatic heterocycles. The summed E-state index contributed by atoms with van der Waals surface area (Å²) in [5.41, 5.74) is 0.925. The van der Waals surface area contributed by atoms with Crippen molar-refractivity contribution in [2.24, 2.45) is 0 Å². The molecule has 6 heteroatoms. The van der Waals surface area contributed by atoms with Crippen LogP contribution in [0.4, 0.5) is 0 Å². The number of nitrogens with one attached hydrogen (secondary N) is 1. The highest BCUT2D eigenvalue weighted by atomic mass is 79.9. The summed E-state index contributed by atoms with van der Waals surface area (Å²) in [6.45, 7) is 4.94. The van der Waals surface area contributed by atoms with E-state index in [1.807, 2.05) is 6.07 Å². The predicted molar refractivity (Wildman–Crippen MR) is 77.2 cm³/mol. The normalized spacial score (nSPS) is 11.4. The third kappa shape index (κ3) is 3.40. The Hall–Kier alpha value is -0.170. The molecular weight excluding hydrogens is 368 g/mol. The molecule has 0 spiro atoms. The Morgan fingerprint density at radius 1 is 1.47 bits per heavy atom. The summed E-state index contributed by atoms with van der Waals surface area (Å²) in [5, 5.41) is 3.31. The van der Waals surface area contributed by atoms with Crippen LogP contribution in [-0.4, -0.2) is 11.0 Å². The minimum Gasteiger partial charge on any atom is -0.444 e. The number of nitrogens with zero attached hydrogens (tertiary/aromatic N) is 1. The van der Waals surface area contributed by atoms with Crippen molar-refractivity contribution in [1.82, 2.24) is 10.3 Å². The average Bonchev–Trinajstić information content (AvgIpc) is 2.84. The summed E-state index contributed by atoms with van der Waals surface area (Å²) in [4.78, 5) is 5.46. The van der Waals surface area contributed by atoms with Gasteiger partial charge in [-0.25, -0.2) is 4.98 Å². The van der Waals surface area contributed by atoms with Crippen molar-refractivity contribution in [2.45, 2.75) is 26.4 Å². The van der Waals surface area contributed by atoms with Gasteiger partial charge in [-0.2, -0.15) is 0 Å². The molecule has 0 amide bonds. The second-order valence-electron chi connectivity index (χ2n) is 3.91. The first-order valence-corrected chi connectivity index (χ1v) is 7.59. The Balaban J connectivity index is 2.12. The number of oxazole rings is 1. The lowest BCUT2D eigenvalue weighted by molar-refractivity contribution is 0.561. The van der Waals surface area contributed by atoms with Crippen LogP contribution in [-0.2, 0) is 6.54 Å². The maximum atomic E-state index is 5.47. The van der Waals surface area contributed by atoms with Crippen LogP contribution in [0.3, 0.4) is 0 Å². The lowest BCUT2D eigenvalue weighted by atomic mass is 10.3. The fourth-order valence-electron chi connectivity index (χ4n) is 1.26. The molecule has 1 N–H and O–H groups in total. The highest BCUT2D eigenvalue weighted by molar-refractivity contribution is 9.13. The van der Waals surface area contributed by atoms with Crippen molar-refractivity contribution < 1.29 is 4.42 Å². The molecule has 2 aromatic rings. The third-order valence-corrected chi connectivity index (χ3v) is 5.34. The summed E-state index contributed by atoms with van der Waals surface area (Å²) in [6.07, 6.45) is 1.70. The van der Waals surface area contributed by atoms with Crippen molar-refractivity contribution in [2.75, 3.05) is 0 Å². The van der Waals surface area contributed by atoms with Gasteiger partial charge in [0.2, 0.25) is 5.89 Å². The quantitative estimate of drug-likeness (QED) is 0.853. The van der Waals surface area contributed by atoms with Crippen LogP contribution in [0.15, 0.2) is 25.0 Å². The van der Waals surface area contributed by atoms with E-state index in [1.54, 1.807) is 17.6 Å². The van der Waals surface area contributed by atoms with Crippen LogP contribution in [0.5, 0.6) is 0 Å². The number of rotatable bonds is 4. The second kappa shape index (κ2) is 5.65. The monoisotopic (exact) mass is 378 g/mol. The molecule has 0 aliphatic carbocycles. The molecule has 0 aromatic carbocycles. The molecule has 0 aliphatic heterocycles. The van der Waals surface area contributed by atoms with Crippen LogP contribution in [0.1, 0.15) is 19.5 Å². The zero-order valence-corrected chi connectivity index (χ0v) is 13.4. The zero-order chi connectivity index (χ0) is 12.4. The van der Waals surface area contributed by atoms with E-state index < -0.39 is 0 Å². The van der Waals surface area contributed by atoms with E-state index in [0.717, 1.165) is 25.4 Å². The lowest BCUT2D eigenvalue weighted by Crippen LogP contribution is -2.21. The summed E-state index contributed by atoms with van der Waals surface area (Å²) in [7, 11) is 0. The molecule has 0 atom stereocenters. The molecule has 0 saturated carbocycles. The molecule has 0 fully saturated rings. The molecule has 0 radical (unpaired) electrons. The Morgan fingerprint density at radius 2 is 2.24 bits per heavy atom. The van der Waals surface area contributed by atoms with Gasteiger partial charge in [0.1, 0.15) is 6.26 Å². The second-order valence-corrected chi connectivity index (χ2v) is 7.14. The number of hydrogen-bond acceptors (Lipinski definition) is 4. The molecule has 92 valence electrons. The van der Waals surface area contributed by atoms with Gasteiger partial charge in [0.25, 0.3) is 0 Å². The Kier molecular flexibility index (Phi) is 4.41. The van der Waals surface area contributed by atoms with Crippen molar-refractivity contribution in [3.63, 3.8) is 0 Å². The largest absolute Gasteiger partial charge is 0.444 e. The van der Waals surface area contributed by atoms with Gasteiger partial charge >= 0.3 is 0 Å². The van der Waals surface area contributed by atoms with E-state index in [-0.39, 0.29) is 0 Å². The lowest BCUT2D eigenvalue weighted by Gasteiger charge is -2.03. The van der Waals surface area contributed by atoms with Gasteiger partial charge in [-0.05, 0) is 37.9 Å². The molecule has 2 rings (SSSR count). The molecule has 2 heterocycles. The average molecular weight is 380 g/mol. The van der Waals surface area contributed by atoms with Crippen LogP contribution < -0.4 is 5.32 Å². The fourth-order valence-corrected chi connectivity index (χ4v) is 3.23. The summed E-state index contributed by atoms with van der Waals surface area (Å²) in [5.74, 6) is 0.668. The summed E-state index contributed by atoms with van der Waals surface area (Å²) >= 11 is 8.51. The van der Waals surface area contributed by atoms with Crippen molar-refractivity contribution in [3.05, 3.63) is 26.3 Å². The first-order valence-electron chi connectivity index (χ1n) is 5.19. The van der Waals surface area contributed by atoms with Gasteiger partial charge in [-0.15, -0.1) is 11.3 Å². The highest BCUT2D eigenvalue weighted by Gasteiger charge is 2.12. The van der Waals surface area contributed by atoms with Crippen LogP contribution >= 0.6 is 43.2 Å². The van der Waals surface area contributed by atoms with Gasteiger partial charge in [0, 0.05) is 17.1 Å². The highest BCUT2D eigenvalue weighted by Crippen LogP contribution is 2.37. The van der Waals surface area contributed by atoms with Crippen LogP contribution in [0.2, 0.25) is 0 Å². The smallest absolute Gasteiger partial charge is 0.236 e. The van der Waals surface area contributed by atoms with Gasteiger partial charge in [0.05, 0.1) is 14.4 Å². The minimum absolute atomic E-state index is 0.445. The van der Waals surface area contributed by atoms with Gasteiger partial charge in [0.15, 0.2) is 0 Å². The minimum atomic E-state index is 0.445. The molecule has 17 heavy (non-hydrogen) atoms. The Morgan fingerprint density at radius 3 is 2.82 bits per heavy atom. The van der Waals surface area contributed by atoms with E-state index in [2.05, 4.69) is 56.0 Å². The molecular formula is C11H12Br2N2OS. The molecule has 0 aliphatic rings. The first-order chi connectivity index (χ1) is 8.06. The first kappa shape index (κ1) is 13.3. The molecule has 0 saturated heterocycles. The number of halogens is 2. The van der Waals surface area contributed by atoms with E-state index in [1.165, 1.54) is 0 Å². The van der Waals surface area contributed by atoms with Crippen molar-refractivity contribution in [3.8, 4) is 10.8 Å². The maximum absolute atomic E-state index is 5.47. The molecule has 0 bridgehead atoms.